The zero-order valence-corrected chi connectivity index (χ0v) is 14.5. The molecule has 0 unspecified atom stereocenters. The van der Waals surface area contributed by atoms with E-state index < -0.39 is 15.9 Å². The molecule has 0 aliphatic heterocycles. The Hall–Kier alpha value is -2.71. The number of rotatable bonds is 5. The largest absolute Gasteiger partial charge is 0.376 e. The quantitative estimate of drug-likeness (QED) is 0.797. The van der Waals surface area contributed by atoms with Crippen molar-refractivity contribution in [2.24, 2.45) is 5.14 Å². The van der Waals surface area contributed by atoms with Gasteiger partial charge in [-0.05, 0) is 42.0 Å². The summed E-state index contributed by atoms with van der Waals surface area (Å²) in [6.07, 6.45) is 2.80. The summed E-state index contributed by atoms with van der Waals surface area (Å²) in [6, 6.07) is 9.87. The molecule has 1 amide bonds. The van der Waals surface area contributed by atoms with Gasteiger partial charge in [-0.25, -0.2) is 17.9 Å². The lowest BCUT2D eigenvalue weighted by molar-refractivity contribution is -0.111. The molecule has 8 heteroatoms. The third kappa shape index (κ3) is 5.13. The summed E-state index contributed by atoms with van der Waals surface area (Å²) in [5, 5.41) is 7.76. The van der Waals surface area contributed by atoms with Gasteiger partial charge in [-0.1, -0.05) is 12.1 Å². The monoisotopic (exact) mass is 363 g/mol. The Balaban J connectivity index is 2.25. The molecule has 2 rings (SSSR count). The van der Waals surface area contributed by atoms with Crippen LogP contribution in [0.15, 0.2) is 53.4 Å². The van der Waals surface area contributed by atoms with Crippen LogP contribution in [0.4, 0.5) is 15.8 Å². The number of carbonyl (C=O) groups excluding carboxylic acids is 1. The molecule has 0 atom stereocenters. The summed E-state index contributed by atoms with van der Waals surface area (Å²) >= 11 is 0. The van der Waals surface area contributed by atoms with Crippen molar-refractivity contribution in [2.75, 3.05) is 24.3 Å². The summed E-state index contributed by atoms with van der Waals surface area (Å²) in [4.78, 5) is 13.7. The Morgan fingerprint density at radius 2 is 1.80 bits per heavy atom. The number of hydrogen-bond acceptors (Lipinski definition) is 4. The van der Waals surface area contributed by atoms with Gasteiger partial charge in [0.1, 0.15) is 5.82 Å². The minimum absolute atomic E-state index is 0.101. The van der Waals surface area contributed by atoms with Crippen molar-refractivity contribution in [3.63, 3.8) is 0 Å². The Kier molecular flexibility index (Phi) is 5.55. The topological polar surface area (TPSA) is 92.5 Å². The molecular weight excluding hydrogens is 345 g/mol. The fourth-order valence-electron chi connectivity index (χ4n) is 2.10. The zero-order chi connectivity index (χ0) is 18.6. The van der Waals surface area contributed by atoms with E-state index in [1.807, 2.05) is 0 Å². The second-order valence-corrected chi connectivity index (χ2v) is 7.05. The van der Waals surface area contributed by atoms with Gasteiger partial charge in [0.15, 0.2) is 0 Å². The number of nitrogens with one attached hydrogen (secondary N) is 1. The van der Waals surface area contributed by atoms with E-state index in [0.717, 1.165) is 0 Å². The van der Waals surface area contributed by atoms with Gasteiger partial charge >= 0.3 is 0 Å². The van der Waals surface area contributed by atoms with Crippen LogP contribution in [0, 0.1) is 5.82 Å². The fourth-order valence-corrected chi connectivity index (χ4v) is 2.64. The molecule has 0 spiro atoms. The van der Waals surface area contributed by atoms with Crippen LogP contribution in [-0.2, 0) is 14.8 Å². The van der Waals surface area contributed by atoms with E-state index in [2.05, 4.69) is 5.32 Å². The number of nitrogens with two attached hydrogens (primary N) is 1. The number of halogens is 1. The van der Waals surface area contributed by atoms with Crippen LogP contribution in [0.1, 0.15) is 5.56 Å². The average Bonchev–Trinajstić information content (AvgIpc) is 2.53. The molecule has 0 heterocycles. The predicted octanol–water partition coefficient (Wildman–Crippen LogP) is 2.19. The van der Waals surface area contributed by atoms with E-state index in [9.17, 15) is 17.6 Å². The lowest BCUT2D eigenvalue weighted by Crippen LogP contribution is -2.17. The summed E-state index contributed by atoms with van der Waals surface area (Å²) in [6.45, 7) is 0. The highest BCUT2D eigenvalue weighted by Crippen LogP contribution is 2.27. The molecule has 25 heavy (non-hydrogen) atoms. The molecule has 0 aliphatic carbocycles. The van der Waals surface area contributed by atoms with Crippen molar-refractivity contribution >= 4 is 33.4 Å². The molecule has 0 bridgehead atoms. The minimum atomic E-state index is -3.89. The molecule has 0 saturated carbocycles. The van der Waals surface area contributed by atoms with Gasteiger partial charge in [-0.3, -0.25) is 4.79 Å². The van der Waals surface area contributed by atoms with Gasteiger partial charge < -0.3 is 10.2 Å². The summed E-state index contributed by atoms with van der Waals surface area (Å²) in [7, 11) is -0.367. The second kappa shape index (κ2) is 7.45. The van der Waals surface area contributed by atoms with Crippen molar-refractivity contribution in [3.8, 4) is 0 Å². The highest BCUT2D eigenvalue weighted by molar-refractivity contribution is 7.89. The molecule has 132 valence electrons. The maximum absolute atomic E-state index is 12.9. The smallest absolute Gasteiger partial charge is 0.248 e. The molecule has 2 aromatic rings. The SMILES string of the molecule is CN(C)c1ccc(S(N)(=O)=O)cc1NC(=O)/C=C/c1ccc(F)cc1. The van der Waals surface area contributed by atoms with Crippen molar-refractivity contribution in [3.05, 3.63) is 59.9 Å². The van der Waals surface area contributed by atoms with Crippen LogP contribution >= 0.6 is 0 Å². The number of carbonyl (C=O) groups is 1. The van der Waals surface area contributed by atoms with Crippen LogP contribution in [-0.4, -0.2) is 28.4 Å². The predicted molar refractivity (Wildman–Crippen MR) is 96.2 cm³/mol. The maximum Gasteiger partial charge on any atom is 0.248 e. The van der Waals surface area contributed by atoms with Gasteiger partial charge in [-0.15, -0.1) is 0 Å². The molecule has 6 nitrogen and oxygen atoms in total. The number of nitrogens with zero attached hydrogens (tertiary/aromatic N) is 1. The first kappa shape index (κ1) is 18.6. The standard InChI is InChI=1S/C17H18FN3O3S/c1-21(2)16-9-8-14(25(19,23)24)11-15(16)20-17(22)10-5-12-3-6-13(18)7-4-12/h3-11H,1-2H3,(H,20,22)(H2,19,23,24)/b10-5+. The van der Waals surface area contributed by atoms with E-state index >= 15 is 0 Å². The van der Waals surface area contributed by atoms with Crippen molar-refractivity contribution in [1.29, 1.82) is 0 Å². The first-order valence-electron chi connectivity index (χ1n) is 7.25. The van der Waals surface area contributed by atoms with Crippen LogP contribution in [0.5, 0.6) is 0 Å². The maximum atomic E-state index is 12.9. The molecule has 3 N–H and O–H groups in total. The third-order valence-corrected chi connectivity index (χ3v) is 4.24. The molecular formula is C17H18FN3O3S. The Morgan fingerprint density at radius 3 is 2.36 bits per heavy atom. The lowest BCUT2D eigenvalue weighted by atomic mass is 10.2. The molecule has 0 radical (unpaired) electrons. The molecule has 0 aliphatic rings. The van der Waals surface area contributed by atoms with Crippen LogP contribution in [0.2, 0.25) is 0 Å². The second-order valence-electron chi connectivity index (χ2n) is 5.49. The third-order valence-electron chi connectivity index (χ3n) is 3.33. The van der Waals surface area contributed by atoms with E-state index in [1.165, 1.54) is 48.6 Å². The molecule has 0 fully saturated rings. The molecule has 0 aromatic heterocycles. The van der Waals surface area contributed by atoms with Gasteiger partial charge in [0, 0.05) is 20.2 Å². The number of hydrogen-bond donors (Lipinski definition) is 2. The highest BCUT2D eigenvalue weighted by Gasteiger charge is 2.13. The van der Waals surface area contributed by atoms with Crippen LogP contribution < -0.4 is 15.4 Å². The molecule has 2 aromatic carbocycles. The number of sulfonamides is 1. The first-order chi connectivity index (χ1) is 11.7. The van der Waals surface area contributed by atoms with E-state index in [1.54, 1.807) is 25.1 Å². The first-order valence-corrected chi connectivity index (χ1v) is 8.80. The average molecular weight is 363 g/mol. The van der Waals surface area contributed by atoms with Crippen molar-refractivity contribution in [1.82, 2.24) is 0 Å². The summed E-state index contributed by atoms with van der Waals surface area (Å²) in [5.74, 6) is -0.823. The Morgan fingerprint density at radius 1 is 1.16 bits per heavy atom. The normalized spacial score (nSPS) is 11.5. The number of anilines is 2. The van der Waals surface area contributed by atoms with E-state index in [-0.39, 0.29) is 10.7 Å². The number of primary sulfonamides is 1. The van der Waals surface area contributed by atoms with Crippen molar-refractivity contribution in [2.45, 2.75) is 4.90 Å². The van der Waals surface area contributed by atoms with Gasteiger partial charge in [0.2, 0.25) is 15.9 Å². The van der Waals surface area contributed by atoms with Crippen LogP contribution in [0.3, 0.4) is 0 Å². The summed E-state index contributed by atoms with van der Waals surface area (Å²) in [5.41, 5.74) is 1.59. The van der Waals surface area contributed by atoms with E-state index in [0.29, 0.717) is 16.9 Å². The Bertz CT molecular complexity index is 907. The fraction of sp³-hybridized carbons (Fsp3) is 0.118. The summed E-state index contributed by atoms with van der Waals surface area (Å²) < 4.78 is 35.9. The van der Waals surface area contributed by atoms with Gasteiger partial charge in [-0.2, -0.15) is 0 Å². The van der Waals surface area contributed by atoms with Crippen LogP contribution in [0.25, 0.3) is 6.08 Å². The van der Waals surface area contributed by atoms with E-state index in [4.69, 9.17) is 5.14 Å². The van der Waals surface area contributed by atoms with Gasteiger partial charge in [0.25, 0.3) is 0 Å². The van der Waals surface area contributed by atoms with Crippen molar-refractivity contribution < 1.29 is 17.6 Å². The zero-order valence-electron chi connectivity index (χ0n) is 13.7. The van der Waals surface area contributed by atoms with Gasteiger partial charge in [0.05, 0.1) is 16.3 Å². The molecule has 0 saturated heterocycles. The minimum Gasteiger partial charge on any atom is -0.376 e. The number of amides is 1. The highest BCUT2D eigenvalue weighted by atomic mass is 32.2. The Labute approximate surface area is 145 Å². The lowest BCUT2D eigenvalue weighted by Gasteiger charge is -2.18. The number of benzene rings is 2.